The van der Waals surface area contributed by atoms with Crippen molar-refractivity contribution in [3.63, 3.8) is 0 Å². The fraction of sp³-hybridized carbons (Fsp3) is 0.300. The monoisotopic (exact) mass is 161 g/mol. The van der Waals surface area contributed by atoms with Gasteiger partial charge in [0.1, 0.15) is 0 Å². The van der Waals surface area contributed by atoms with Gasteiger partial charge in [-0.15, -0.1) is 0 Å². The van der Waals surface area contributed by atoms with E-state index in [0.717, 1.165) is 5.56 Å². The number of rotatable bonds is 2. The average molecular weight is 161 g/mol. The predicted molar refractivity (Wildman–Crippen MR) is 46.5 cm³/mol. The minimum absolute atomic E-state index is 0.321. The molecule has 2 nitrogen and oxygen atoms in total. The molecule has 0 aliphatic heterocycles. The molecule has 62 valence electrons. The van der Waals surface area contributed by atoms with Crippen LogP contribution in [-0.4, -0.2) is 11.2 Å². The SMILES string of the molecule is CC(O)Cc1ccc(C#N)cc1. The largest absolute Gasteiger partial charge is 0.393 e. The van der Waals surface area contributed by atoms with Crippen LogP contribution in [0.15, 0.2) is 24.3 Å². The molecule has 12 heavy (non-hydrogen) atoms. The fourth-order valence-corrected chi connectivity index (χ4v) is 1.06. The number of hydrogen-bond donors (Lipinski definition) is 1. The Bertz CT molecular complexity index is 282. The summed E-state index contributed by atoms with van der Waals surface area (Å²) in [6, 6.07) is 9.30. The zero-order valence-electron chi connectivity index (χ0n) is 6.99. The van der Waals surface area contributed by atoms with Gasteiger partial charge < -0.3 is 5.11 Å². The maximum Gasteiger partial charge on any atom is 0.0991 e. The zero-order valence-corrected chi connectivity index (χ0v) is 6.99. The van der Waals surface area contributed by atoms with Crippen LogP contribution >= 0.6 is 0 Å². The van der Waals surface area contributed by atoms with Crippen LogP contribution < -0.4 is 0 Å². The standard InChI is InChI=1S/C10H11NO/c1-8(12)6-9-2-4-10(7-11)5-3-9/h2-5,8,12H,6H2,1H3. The Hall–Kier alpha value is -1.33. The van der Waals surface area contributed by atoms with Crippen molar-refractivity contribution in [1.82, 2.24) is 0 Å². The van der Waals surface area contributed by atoms with Gasteiger partial charge in [-0.05, 0) is 31.0 Å². The van der Waals surface area contributed by atoms with E-state index >= 15 is 0 Å². The van der Waals surface area contributed by atoms with Crippen LogP contribution in [0.25, 0.3) is 0 Å². The molecule has 0 aliphatic carbocycles. The normalized spacial score (nSPS) is 12.1. The third-order valence-electron chi connectivity index (χ3n) is 1.61. The second-order valence-corrected chi connectivity index (χ2v) is 2.86. The van der Waals surface area contributed by atoms with E-state index in [1.54, 1.807) is 19.1 Å². The molecule has 0 aliphatic rings. The number of aliphatic hydroxyl groups excluding tert-OH is 1. The Morgan fingerprint density at radius 3 is 2.42 bits per heavy atom. The lowest BCUT2D eigenvalue weighted by Crippen LogP contribution is -2.03. The molecule has 1 aromatic carbocycles. The smallest absolute Gasteiger partial charge is 0.0991 e. The highest BCUT2D eigenvalue weighted by molar-refractivity contribution is 5.31. The van der Waals surface area contributed by atoms with Crippen LogP contribution in [0.5, 0.6) is 0 Å². The number of nitriles is 1. The summed E-state index contributed by atoms with van der Waals surface area (Å²) in [5.41, 5.74) is 1.72. The van der Waals surface area contributed by atoms with Gasteiger partial charge in [-0.3, -0.25) is 0 Å². The molecular formula is C10H11NO. The van der Waals surface area contributed by atoms with Gasteiger partial charge in [-0.25, -0.2) is 0 Å². The lowest BCUT2D eigenvalue weighted by Gasteiger charge is -2.02. The summed E-state index contributed by atoms with van der Waals surface area (Å²) in [6.45, 7) is 1.75. The summed E-state index contributed by atoms with van der Waals surface area (Å²) in [7, 11) is 0. The summed E-state index contributed by atoms with van der Waals surface area (Å²) in [5, 5.41) is 17.6. The van der Waals surface area contributed by atoms with Crippen LogP contribution in [0, 0.1) is 11.3 Å². The summed E-state index contributed by atoms with van der Waals surface area (Å²) in [4.78, 5) is 0. The molecule has 0 saturated carbocycles. The van der Waals surface area contributed by atoms with Crippen molar-refractivity contribution in [2.45, 2.75) is 19.4 Å². The van der Waals surface area contributed by atoms with E-state index in [1.807, 2.05) is 18.2 Å². The van der Waals surface area contributed by atoms with Crippen molar-refractivity contribution in [3.05, 3.63) is 35.4 Å². The molecule has 0 radical (unpaired) electrons. The molecule has 1 rings (SSSR count). The third kappa shape index (κ3) is 2.37. The predicted octanol–water partition coefficient (Wildman–Crippen LogP) is 1.48. The Labute approximate surface area is 72.1 Å². The maximum absolute atomic E-state index is 9.07. The first-order chi connectivity index (χ1) is 5.72. The summed E-state index contributed by atoms with van der Waals surface area (Å²) in [5.74, 6) is 0. The van der Waals surface area contributed by atoms with Crippen LogP contribution in [-0.2, 0) is 6.42 Å². The molecule has 0 fully saturated rings. The summed E-state index contributed by atoms with van der Waals surface area (Å²) in [6.07, 6.45) is 0.323. The lowest BCUT2D eigenvalue weighted by atomic mass is 10.1. The first-order valence-corrected chi connectivity index (χ1v) is 3.89. The van der Waals surface area contributed by atoms with Crippen LogP contribution in [0.1, 0.15) is 18.1 Å². The van der Waals surface area contributed by atoms with Gasteiger partial charge >= 0.3 is 0 Å². The van der Waals surface area contributed by atoms with E-state index in [1.165, 1.54) is 0 Å². The maximum atomic E-state index is 9.07. The average Bonchev–Trinajstić information content (AvgIpc) is 2.05. The second-order valence-electron chi connectivity index (χ2n) is 2.86. The molecular weight excluding hydrogens is 150 g/mol. The minimum atomic E-state index is -0.321. The Morgan fingerprint density at radius 1 is 1.42 bits per heavy atom. The first-order valence-electron chi connectivity index (χ1n) is 3.89. The van der Waals surface area contributed by atoms with E-state index < -0.39 is 0 Å². The number of hydrogen-bond acceptors (Lipinski definition) is 2. The molecule has 1 aromatic rings. The van der Waals surface area contributed by atoms with E-state index in [0.29, 0.717) is 12.0 Å². The van der Waals surface area contributed by atoms with Crippen molar-refractivity contribution >= 4 is 0 Å². The van der Waals surface area contributed by atoms with Crippen molar-refractivity contribution < 1.29 is 5.11 Å². The van der Waals surface area contributed by atoms with Gasteiger partial charge in [0.05, 0.1) is 17.7 Å². The Balaban J connectivity index is 2.73. The van der Waals surface area contributed by atoms with Gasteiger partial charge in [-0.2, -0.15) is 5.26 Å². The number of aliphatic hydroxyl groups is 1. The molecule has 1 N–H and O–H groups in total. The number of benzene rings is 1. The first kappa shape index (κ1) is 8.76. The highest BCUT2D eigenvalue weighted by Crippen LogP contribution is 2.05. The molecule has 0 saturated heterocycles. The van der Waals surface area contributed by atoms with Gasteiger partial charge in [0.25, 0.3) is 0 Å². The zero-order chi connectivity index (χ0) is 8.97. The van der Waals surface area contributed by atoms with Crippen molar-refractivity contribution in [3.8, 4) is 6.07 Å². The highest BCUT2D eigenvalue weighted by atomic mass is 16.3. The van der Waals surface area contributed by atoms with Crippen LogP contribution in [0.3, 0.4) is 0 Å². The lowest BCUT2D eigenvalue weighted by molar-refractivity contribution is 0.195. The topological polar surface area (TPSA) is 44.0 Å². The van der Waals surface area contributed by atoms with E-state index in [-0.39, 0.29) is 6.10 Å². The Morgan fingerprint density at radius 2 is 2.00 bits per heavy atom. The van der Waals surface area contributed by atoms with Gasteiger partial charge in [0, 0.05) is 0 Å². The molecule has 0 amide bonds. The summed E-state index contributed by atoms with van der Waals surface area (Å²) < 4.78 is 0. The fourth-order valence-electron chi connectivity index (χ4n) is 1.06. The molecule has 1 unspecified atom stereocenters. The molecule has 2 heteroatoms. The molecule has 0 bridgehead atoms. The number of nitrogens with zero attached hydrogens (tertiary/aromatic N) is 1. The summed E-state index contributed by atoms with van der Waals surface area (Å²) >= 11 is 0. The minimum Gasteiger partial charge on any atom is -0.393 e. The van der Waals surface area contributed by atoms with Crippen molar-refractivity contribution in [2.24, 2.45) is 0 Å². The Kier molecular flexibility index (Phi) is 2.84. The van der Waals surface area contributed by atoms with Crippen LogP contribution in [0.4, 0.5) is 0 Å². The van der Waals surface area contributed by atoms with E-state index in [4.69, 9.17) is 10.4 Å². The molecule has 0 aromatic heterocycles. The van der Waals surface area contributed by atoms with Gasteiger partial charge in [0.2, 0.25) is 0 Å². The second kappa shape index (κ2) is 3.89. The van der Waals surface area contributed by atoms with Crippen molar-refractivity contribution in [1.29, 1.82) is 5.26 Å². The van der Waals surface area contributed by atoms with Gasteiger partial charge in [0.15, 0.2) is 0 Å². The van der Waals surface area contributed by atoms with Gasteiger partial charge in [-0.1, -0.05) is 12.1 Å². The quantitative estimate of drug-likeness (QED) is 0.714. The highest BCUT2D eigenvalue weighted by Gasteiger charge is 1.98. The van der Waals surface area contributed by atoms with Crippen molar-refractivity contribution in [2.75, 3.05) is 0 Å². The van der Waals surface area contributed by atoms with E-state index in [9.17, 15) is 0 Å². The third-order valence-corrected chi connectivity index (χ3v) is 1.61. The molecule has 0 spiro atoms. The van der Waals surface area contributed by atoms with E-state index in [2.05, 4.69) is 0 Å². The molecule has 0 heterocycles. The van der Waals surface area contributed by atoms with Crippen LogP contribution in [0.2, 0.25) is 0 Å². The molecule has 1 atom stereocenters.